The van der Waals surface area contributed by atoms with Crippen LogP contribution in [0.1, 0.15) is 34.0 Å². The molecule has 0 spiro atoms. The Bertz CT molecular complexity index is 682. The van der Waals surface area contributed by atoms with Crippen molar-refractivity contribution in [2.45, 2.75) is 18.8 Å². The first-order valence-electron chi connectivity index (χ1n) is 7.16. The molecule has 0 bridgehead atoms. The van der Waals surface area contributed by atoms with Crippen molar-refractivity contribution in [1.29, 1.82) is 0 Å². The molecule has 1 aliphatic heterocycles. The van der Waals surface area contributed by atoms with E-state index in [1.165, 1.54) is 4.88 Å². The van der Waals surface area contributed by atoms with Gasteiger partial charge in [-0.25, -0.2) is 4.98 Å². The summed E-state index contributed by atoms with van der Waals surface area (Å²) in [5.41, 5.74) is 6.79. The topological polar surface area (TPSA) is 80.0 Å². The number of hydrogen-bond donors (Lipinski definition) is 3. The summed E-state index contributed by atoms with van der Waals surface area (Å²) in [5, 5.41) is 6.81. The van der Waals surface area contributed by atoms with E-state index in [9.17, 15) is 4.79 Å². The second-order valence-corrected chi connectivity index (χ2v) is 7.26. The van der Waals surface area contributed by atoms with Gasteiger partial charge in [0.25, 0.3) is 5.91 Å². The Balaban J connectivity index is 1.70. The highest BCUT2D eigenvalue weighted by molar-refractivity contribution is 9.10. The minimum atomic E-state index is -0.226. The Labute approximate surface area is 141 Å². The molecule has 116 valence electrons. The average Bonchev–Trinajstić information content (AvgIpc) is 2.96. The molecule has 5 nitrogen and oxygen atoms in total. The molecule has 0 radical (unpaired) electrons. The second kappa shape index (κ2) is 6.76. The van der Waals surface area contributed by atoms with Crippen LogP contribution in [0.3, 0.4) is 0 Å². The smallest absolute Gasteiger partial charge is 0.259 e. The van der Waals surface area contributed by atoms with E-state index < -0.39 is 0 Å². The Morgan fingerprint density at radius 2 is 2.18 bits per heavy atom. The summed E-state index contributed by atoms with van der Waals surface area (Å²) in [6, 6.07) is 5.22. The summed E-state index contributed by atoms with van der Waals surface area (Å²) in [6.07, 6.45) is 4.12. The number of amides is 1. The van der Waals surface area contributed by atoms with Crippen molar-refractivity contribution in [1.82, 2.24) is 10.3 Å². The molecule has 1 fully saturated rings. The Morgan fingerprint density at radius 3 is 2.91 bits per heavy atom. The van der Waals surface area contributed by atoms with Gasteiger partial charge in [0.2, 0.25) is 0 Å². The van der Waals surface area contributed by atoms with E-state index >= 15 is 0 Å². The first-order chi connectivity index (χ1) is 10.6. The number of rotatable bonds is 3. The van der Waals surface area contributed by atoms with Gasteiger partial charge in [-0.2, -0.15) is 0 Å². The summed E-state index contributed by atoms with van der Waals surface area (Å²) in [5.74, 6) is 0.318. The molecule has 22 heavy (non-hydrogen) atoms. The summed E-state index contributed by atoms with van der Waals surface area (Å²) < 4.78 is 0.851. The molecule has 1 saturated heterocycles. The van der Waals surface area contributed by atoms with E-state index in [2.05, 4.69) is 31.5 Å². The Hall–Kier alpha value is -1.44. The molecular weight excluding hydrogens is 364 g/mol. The normalized spacial score (nSPS) is 15.7. The molecule has 4 N–H and O–H groups in total. The number of anilines is 2. The Morgan fingerprint density at radius 1 is 1.41 bits per heavy atom. The number of carbonyl (C=O) groups is 1. The van der Waals surface area contributed by atoms with Gasteiger partial charge in [-0.05, 0) is 50.0 Å². The number of nitrogens with zero attached hydrogens (tertiary/aromatic N) is 1. The second-order valence-electron chi connectivity index (χ2n) is 5.28. The number of nitrogens with two attached hydrogens (primary N) is 1. The lowest BCUT2D eigenvalue weighted by Gasteiger charge is -2.20. The molecule has 1 aromatic carbocycles. The summed E-state index contributed by atoms with van der Waals surface area (Å²) in [4.78, 5) is 17.8. The first-order valence-corrected chi connectivity index (χ1v) is 8.77. The number of nitrogen functional groups attached to an aromatic ring is 1. The molecule has 0 unspecified atom stereocenters. The van der Waals surface area contributed by atoms with E-state index in [4.69, 9.17) is 5.73 Å². The lowest BCUT2D eigenvalue weighted by atomic mass is 9.97. The van der Waals surface area contributed by atoms with E-state index in [-0.39, 0.29) is 5.91 Å². The van der Waals surface area contributed by atoms with Gasteiger partial charge in [0.05, 0.1) is 5.56 Å². The third-order valence-corrected chi connectivity index (χ3v) is 5.31. The maximum Gasteiger partial charge on any atom is 0.259 e. The van der Waals surface area contributed by atoms with Gasteiger partial charge in [0.1, 0.15) is 0 Å². The molecule has 2 heterocycles. The highest BCUT2D eigenvalue weighted by Gasteiger charge is 2.19. The van der Waals surface area contributed by atoms with Crippen molar-refractivity contribution in [3.63, 3.8) is 0 Å². The van der Waals surface area contributed by atoms with Crippen molar-refractivity contribution in [3.8, 4) is 0 Å². The fraction of sp³-hybridized carbons (Fsp3) is 0.333. The van der Waals surface area contributed by atoms with Crippen LogP contribution in [0.2, 0.25) is 0 Å². The van der Waals surface area contributed by atoms with Crippen molar-refractivity contribution >= 4 is 44.0 Å². The summed E-state index contributed by atoms with van der Waals surface area (Å²) in [6.45, 7) is 2.08. The van der Waals surface area contributed by atoms with Gasteiger partial charge in [0.15, 0.2) is 5.13 Å². The molecule has 7 heteroatoms. The number of benzene rings is 1. The number of halogens is 1. The van der Waals surface area contributed by atoms with Crippen LogP contribution < -0.4 is 16.4 Å². The minimum Gasteiger partial charge on any atom is -0.398 e. The van der Waals surface area contributed by atoms with Crippen molar-refractivity contribution in [3.05, 3.63) is 39.3 Å². The third kappa shape index (κ3) is 3.48. The van der Waals surface area contributed by atoms with Crippen molar-refractivity contribution in [2.75, 3.05) is 24.1 Å². The molecule has 3 rings (SSSR count). The SMILES string of the molecule is Nc1cc(Br)ccc1C(=O)Nc1ncc(C2CCNCC2)s1. The van der Waals surface area contributed by atoms with Gasteiger partial charge in [0, 0.05) is 21.2 Å². The van der Waals surface area contributed by atoms with Crippen LogP contribution in [-0.2, 0) is 0 Å². The fourth-order valence-corrected chi connectivity index (χ4v) is 3.90. The predicted octanol–water partition coefficient (Wildman–Crippen LogP) is 3.21. The van der Waals surface area contributed by atoms with E-state index in [0.717, 1.165) is 30.4 Å². The molecule has 2 aromatic rings. The lowest BCUT2D eigenvalue weighted by molar-refractivity contribution is 0.102. The number of piperidine rings is 1. The summed E-state index contributed by atoms with van der Waals surface area (Å²) in [7, 11) is 0. The maximum absolute atomic E-state index is 12.3. The van der Waals surface area contributed by atoms with Crippen molar-refractivity contribution < 1.29 is 4.79 Å². The van der Waals surface area contributed by atoms with Gasteiger partial charge in [-0.3, -0.25) is 10.1 Å². The summed E-state index contributed by atoms with van der Waals surface area (Å²) >= 11 is 4.88. The van der Waals surface area contributed by atoms with E-state index in [0.29, 0.717) is 22.3 Å². The van der Waals surface area contributed by atoms with E-state index in [1.807, 2.05) is 6.20 Å². The number of hydrogen-bond acceptors (Lipinski definition) is 5. The number of thiazole rings is 1. The highest BCUT2D eigenvalue weighted by Crippen LogP contribution is 2.32. The van der Waals surface area contributed by atoms with Crippen LogP contribution in [0, 0.1) is 0 Å². The van der Waals surface area contributed by atoms with Crippen molar-refractivity contribution in [2.24, 2.45) is 0 Å². The largest absolute Gasteiger partial charge is 0.398 e. The Kier molecular flexibility index (Phi) is 4.75. The van der Waals surface area contributed by atoms with Crippen LogP contribution in [0.5, 0.6) is 0 Å². The van der Waals surface area contributed by atoms with Gasteiger partial charge >= 0.3 is 0 Å². The third-order valence-electron chi connectivity index (χ3n) is 3.74. The zero-order chi connectivity index (χ0) is 15.5. The first kappa shape index (κ1) is 15.5. The average molecular weight is 381 g/mol. The lowest BCUT2D eigenvalue weighted by Crippen LogP contribution is -2.26. The zero-order valence-electron chi connectivity index (χ0n) is 11.9. The quantitative estimate of drug-likeness (QED) is 0.714. The molecular formula is C15H17BrN4OS. The highest BCUT2D eigenvalue weighted by atomic mass is 79.9. The van der Waals surface area contributed by atoms with Gasteiger partial charge < -0.3 is 11.1 Å². The molecule has 1 aliphatic rings. The maximum atomic E-state index is 12.3. The monoisotopic (exact) mass is 380 g/mol. The van der Waals surface area contributed by atoms with Crippen LogP contribution in [-0.4, -0.2) is 24.0 Å². The molecule has 1 amide bonds. The molecule has 0 aliphatic carbocycles. The van der Waals surface area contributed by atoms with Gasteiger partial charge in [-0.15, -0.1) is 11.3 Å². The minimum absolute atomic E-state index is 0.226. The number of aromatic nitrogens is 1. The number of carbonyl (C=O) groups excluding carboxylic acids is 1. The fourth-order valence-electron chi connectivity index (χ4n) is 2.54. The van der Waals surface area contributed by atoms with Gasteiger partial charge in [-0.1, -0.05) is 15.9 Å². The van der Waals surface area contributed by atoms with Crippen LogP contribution in [0.4, 0.5) is 10.8 Å². The molecule has 1 aromatic heterocycles. The predicted molar refractivity (Wildman–Crippen MR) is 93.5 cm³/mol. The molecule has 0 atom stereocenters. The van der Waals surface area contributed by atoms with E-state index in [1.54, 1.807) is 29.5 Å². The zero-order valence-corrected chi connectivity index (χ0v) is 14.3. The van der Waals surface area contributed by atoms with Crippen LogP contribution in [0.25, 0.3) is 0 Å². The standard InChI is InChI=1S/C15H17BrN4OS/c16-10-1-2-11(12(17)7-10)14(21)20-15-19-8-13(22-15)9-3-5-18-6-4-9/h1-2,7-9,18H,3-6,17H2,(H,19,20,21). The number of nitrogens with one attached hydrogen (secondary N) is 2. The van der Waals surface area contributed by atoms with Crippen LogP contribution >= 0.6 is 27.3 Å². The van der Waals surface area contributed by atoms with Crippen LogP contribution in [0.15, 0.2) is 28.9 Å². The molecule has 0 saturated carbocycles.